The van der Waals surface area contributed by atoms with Crippen LogP contribution in [0.25, 0.3) is 0 Å². The summed E-state index contributed by atoms with van der Waals surface area (Å²) in [6, 6.07) is 7.79. The van der Waals surface area contributed by atoms with Gasteiger partial charge >= 0.3 is 0 Å². The number of amides is 2. The fourth-order valence-corrected chi connectivity index (χ4v) is 2.46. The van der Waals surface area contributed by atoms with Crippen LogP contribution in [0.3, 0.4) is 0 Å². The molecule has 0 saturated carbocycles. The number of aryl methyl sites for hydroxylation is 1. The van der Waals surface area contributed by atoms with E-state index in [-0.39, 0.29) is 5.91 Å². The third-order valence-corrected chi connectivity index (χ3v) is 3.68. The zero-order chi connectivity index (χ0) is 13.1. The maximum absolute atomic E-state index is 11.6. The smallest absolute Gasteiger partial charge is 0.245 e. The van der Waals surface area contributed by atoms with Crippen molar-refractivity contribution >= 4 is 23.4 Å². The fraction of sp³-hybridized carbons (Fsp3) is 0.429. The Bertz CT molecular complexity index is 455. The minimum Gasteiger partial charge on any atom is -0.295 e. The average Bonchev–Trinajstić information content (AvgIpc) is 2.62. The molecule has 0 bridgehead atoms. The predicted molar refractivity (Wildman–Crippen MR) is 70.6 cm³/mol. The first-order valence-electron chi connectivity index (χ1n) is 6.21. The summed E-state index contributed by atoms with van der Waals surface area (Å²) >= 11 is 5.95. The number of rotatable bonds is 4. The van der Waals surface area contributed by atoms with Crippen LogP contribution in [0.15, 0.2) is 24.3 Å². The van der Waals surface area contributed by atoms with Crippen molar-refractivity contribution in [1.82, 2.24) is 5.32 Å². The Kier molecular flexibility index (Phi) is 4.02. The van der Waals surface area contributed by atoms with Gasteiger partial charge in [0.25, 0.3) is 0 Å². The number of halogens is 1. The number of carbonyl (C=O) groups is 2. The summed E-state index contributed by atoms with van der Waals surface area (Å²) in [5.74, 6) is -1.26. The summed E-state index contributed by atoms with van der Waals surface area (Å²) in [7, 11) is 0. The number of benzene rings is 1. The van der Waals surface area contributed by atoms with Crippen LogP contribution < -0.4 is 5.32 Å². The Hall–Kier alpha value is -1.35. The number of hydrogen-bond donors (Lipinski definition) is 1. The molecule has 2 unspecified atom stereocenters. The summed E-state index contributed by atoms with van der Waals surface area (Å²) in [5, 5.41) is 1.46. The van der Waals surface area contributed by atoms with Crippen molar-refractivity contribution < 1.29 is 9.59 Å². The maximum atomic E-state index is 11.6. The van der Waals surface area contributed by atoms with E-state index in [1.165, 1.54) is 5.56 Å². The lowest BCUT2D eigenvalue weighted by Crippen LogP contribution is -2.22. The Labute approximate surface area is 112 Å². The van der Waals surface area contributed by atoms with Crippen LogP contribution in [-0.2, 0) is 16.0 Å². The molecule has 1 fully saturated rings. The van der Waals surface area contributed by atoms with Crippen LogP contribution in [0.1, 0.15) is 36.8 Å². The summed E-state index contributed by atoms with van der Waals surface area (Å²) in [6.45, 7) is 2.15. The lowest BCUT2D eigenvalue weighted by molar-refractivity contribution is -0.125. The molecule has 3 nitrogen and oxygen atoms in total. The third-order valence-electron chi connectivity index (χ3n) is 3.23. The summed E-state index contributed by atoms with van der Waals surface area (Å²) < 4.78 is 0. The molecule has 1 aromatic rings. The van der Waals surface area contributed by atoms with Crippen molar-refractivity contribution in [2.45, 2.75) is 37.5 Å². The zero-order valence-electron chi connectivity index (χ0n) is 10.3. The van der Waals surface area contributed by atoms with Gasteiger partial charge in [0, 0.05) is 0 Å². The number of imide groups is 1. The van der Waals surface area contributed by atoms with Gasteiger partial charge < -0.3 is 0 Å². The Morgan fingerprint density at radius 3 is 2.33 bits per heavy atom. The highest BCUT2D eigenvalue weighted by molar-refractivity contribution is 6.37. The number of hydrogen-bond acceptors (Lipinski definition) is 2. The van der Waals surface area contributed by atoms with Gasteiger partial charge in [0.1, 0.15) is 5.38 Å². The van der Waals surface area contributed by atoms with Crippen molar-refractivity contribution in [1.29, 1.82) is 0 Å². The minimum absolute atomic E-state index is 0.304. The monoisotopic (exact) mass is 265 g/mol. The van der Waals surface area contributed by atoms with E-state index in [1.807, 2.05) is 24.3 Å². The normalized spacial score (nSPS) is 23.2. The molecule has 18 heavy (non-hydrogen) atoms. The van der Waals surface area contributed by atoms with Crippen LogP contribution >= 0.6 is 11.6 Å². The molecule has 2 rings (SSSR count). The van der Waals surface area contributed by atoms with Gasteiger partial charge in [-0.15, -0.1) is 11.6 Å². The van der Waals surface area contributed by atoms with Crippen LogP contribution in [0, 0.1) is 0 Å². The zero-order valence-corrected chi connectivity index (χ0v) is 11.0. The molecule has 0 spiro atoms. The van der Waals surface area contributed by atoms with E-state index in [0.717, 1.165) is 24.8 Å². The minimum atomic E-state index is -0.793. The maximum Gasteiger partial charge on any atom is 0.245 e. The highest BCUT2D eigenvalue weighted by atomic mass is 35.5. The van der Waals surface area contributed by atoms with Gasteiger partial charge in [-0.1, -0.05) is 37.6 Å². The van der Waals surface area contributed by atoms with E-state index in [9.17, 15) is 9.59 Å². The first-order chi connectivity index (χ1) is 8.63. The second kappa shape index (κ2) is 5.53. The topological polar surface area (TPSA) is 46.2 Å². The molecule has 0 aliphatic carbocycles. The molecule has 0 aromatic heterocycles. The highest BCUT2D eigenvalue weighted by Gasteiger charge is 2.41. The van der Waals surface area contributed by atoms with Gasteiger partial charge in [-0.3, -0.25) is 14.9 Å². The quantitative estimate of drug-likeness (QED) is 0.671. The standard InChI is InChI=1S/C14H16ClNO2/c1-2-3-4-9-5-7-10(8-6-9)11-12(15)14(18)16-13(11)17/h5-8,11-12H,2-4H2,1H3,(H,16,17,18). The Morgan fingerprint density at radius 2 is 1.83 bits per heavy atom. The second-order valence-electron chi connectivity index (χ2n) is 4.58. The number of unbranched alkanes of at least 4 members (excludes halogenated alkanes) is 1. The van der Waals surface area contributed by atoms with Gasteiger partial charge in [0.2, 0.25) is 11.8 Å². The van der Waals surface area contributed by atoms with Crippen LogP contribution in [0.4, 0.5) is 0 Å². The number of alkyl halides is 1. The fourth-order valence-electron chi connectivity index (χ4n) is 2.15. The van der Waals surface area contributed by atoms with Crippen LogP contribution in [0.2, 0.25) is 0 Å². The number of carbonyl (C=O) groups excluding carboxylic acids is 2. The molecule has 2 amide bonds. The summed E-state index contributed by atoms with van der Waals surface area (Å²) in [5.41, 5.74) is 2.05. The molecule has 2 atom stereocenters. The van der Waals surface area contributed by atoms with E-state index in [2.05, 4.69) is 12.2 Å². The molecule has 1 heterocycles. The molecule has 1 saturated heterocycles. The van der Waals surface area contributed by atoms with E-state index in [1.54, 1.807) is 0 Å². The van der Waals surface area contributed by atoms with E-state index in [0.29, 0.717) is 0 Å². The Morgan fingerprint density at radius 1 is 1.17 bits per heavy atom. The van der Waals surface area contributed by atoms with Crippen molar-refractivity contribution in [3.63, 3.8) is 0 Å². The molecule has 1 N–H and O–H groups in total. The molecular weight excluding hydrogens is 250 g/mol. The van der Waals surface area contributed by atoms with Crippen LogP contribution in [-0.4, -0.2) is 17.2 Å². The average molecular weight is 266 g/mol. The van der Waals surface area contributed by atoms with Crippen molar-refractivity contribution in [2.24, 2.45) is 0 Å². The van der Waals surface area contributed by atoms with Gasteiger partial charge in [-0.05, 0) is 24.0 Å². The second-order valence-corrected chi connectivity index (χ2v) is 5.05. The third kappa shape index (κ3) is 2.56. The number of nitrogens with one attached hydrogen (secondary N) is 1. The van der Waals surface area contributed by atoms with Gasteiger partial charge in [-0.25, -0.2) is 0 Å². The first kappa shape index (κ1) is 13.1. The van der Waals surface area contributed by atoms with Gasteiger partial charge in [-0.2, -0.15) is 0 Å². The van der Waals surface area contributed by atoms with E-state index in [4.69, 9.17) is 11.6 Å². The van der Waals surface area contributed by atoms with E-state index < -0.39 is 17.2 Å². The molecule has 1 aliphatic rings. The Balaban J connectivity index is 2.14. The summed E-state index contributed by atoms with van der Waals surface area (Å²) in [4.78, 5) is 22.9. The largest absolute Gasteiger partial charge is 0.295 e. The molecule has 1 aliphatic heterocycles. The first-order valence-corrected chi connectivity index (χ1v) is 6.64. The van der Waals surface area contributed by atoms with Crippen LogP contribution in [0.5, 0.6) is 0 Å². The van der Waals surface area contributed by atoms with Crippen molar-refractivity contribution in [3.8, 4) is 0 Å². The summed E-state index contributed by atoms with van der Waals surface area (Å²) in [6.07, 6.45) is 3.35. The lowest BCUT2D eigenvalue weighted by Gasteiger charge is -2.10. The highest BCUT2D eigenvalue weighted by Crippen LogP contribution is 2.29. The molecule has 1 aromatic carbocycles. The van der Waals surface area contributed by atoms with Gasteiger partial charge in [0.05, 0.1) is 5.92 Å². The molecule has 4 heteroatoms. The molecule has 96 valence electrons. The van der Waals surface area contributed by atoms with Crippen molar-refractivity contribution in [2.75, 3.05) is 0 Å². The molecular formula is C14H16ClNO2. The SMILES string of the molecule is CCCCc1ccc(C2C(=O)NC(=O)C2Cl)cc1. The molecule has 0 radical (unpaired) electrons. The lowest BCUT2D eigenvalue weighted by atomic mass is 9.95. The van der Waals surface area contributed by atoms with Gasteiger partial charge in [0.15, 0.2) is 0 Å². The predicted octanol–water partition coefficient (Wildman–Crippen LogP) is 2.38. The van der Waals surface area contributed by atoms with Crippen molar-refractivity contribution in [3.05, 3.63) is 35.4 Å². The van der Waals surface area contributed by atoms with E-state index >= 15 is 0 Å².